The van der Waals surface area contributed by atoms with Gasteiger partial charge >= 0.3 is 5.51 Å². The number of aromatic nitrogens is 3. The van der Waals surface area contributed by atoms with Crippen LogP contribution in [-0.2, 0) is 17.2 Å². The number of benzene rings is 2. The lowest BCUT2D eigenvalue weighted by Crippen LogP contribution is -2.36. The quantitative estimate of drug-likeness (QED) is 0.316. The van der Waals surface area contributed by atoms with Crippen LogP contribution in [-0.4, -0.2) is 28.4 Å². The van der Waals surface area contributed by atoms with Gasteiger partial charge in [0.1, 0.15) is 7.05 Å². The highest BCUT2D eigenvalue weighted by atomic mass is 32.2. The van der Waals surface area contributed by atoms with Gasteiger partial charge in [0, 0.05) is 16.7 Å². The molecule has 3 rings (SSSR count). The van der Waals surface area contributed by atoms with Gasteiger partial charge in [0.05, 0.1) is 5.21 Å². The maximum absolute atomic E-state index is 10.7. The maximum Gasteiger partial charge on any atom is 0.485 e. The largest absolute Gasteiger partial charge is 0.741 e. The van der Waals surface area contributed by atoms with E-state index in [1.54, 1.807) is 0 Å². The molecule has 0 saturated heterocycles. The number of hydrogen-bond acceptors (Lipinski definition) is 4. The molecule has 0 unspecified atom stereocenters. The summed E-state index contributed by atoms with van der Waals surface area (Å²) in [4.78, 5) is 0. The Hall–Kier alpha value is -2.72. The van der Waals surface area contributed by atoms with E-state index in [0.29, 0.717) is 11.8 Å². The van der Waals surface area contributed by atoms with Crippen LogP contribution in [0.3, 0.4) is 0 Å². The van der Waals surface area contributed by atoms with E-state index in [9.17, 15) is 13.2 Å². The third-order valence-corrected chi connectivity index (χ3v) is 5.32. The zero-order chi connectivity index (χ0) is 24.3. The second-order valence-electron chi connectivity index (χ2n) is 7.83. The Labute approximate surface area is 186 Å². The molecule has 1 aromatic heterocycles. The third kappa shape index (κ3) is 5.95. The van der Waals surface area contributed by atoms with Crippen molar-refractivity contribution >= 4 is 10.1 Å². The first-order valence-corrected chi connectivity index (χ1v) is 11.3. The summed E-state index contributed by atoms with van der Waals surface area (Å²) < 4.78 is 62.9. The summed E-state index contributed by atoms with van der Waals surface area (Å²) in [5.74, 6) is 0.904. The molecule has 0 radical (unpaired) electrons. The molecule has 6 nitrogen and oxygen atoms in total. The molecule has 0 aliphatic heterocycles. The fourth-order valence-electron chi connectivity index (χ4n) is 3.17. The predicted octanol–water partition coefficient (Wildman–Crippen LogP) is 4.66. The van der Waals surface area contributed by atoms with Gasteiger partial charge in [-0.25, -0.2) is 8.42 Å². The van der Waals surface area contributed by atoms with Crippen LogP contribution in [0.1, 0.15) is 50.7 Å². The molecular formula is C22H26F3N3O3S. The molecule has 0 bridgehead atoms. The Balaban J connectivity index is 0.000000390. The van der Waals surface area contributed by atoms with E-state index in [4.69, 9.17) is 18.2 Å². The van der Waals surface area contributed by atoms with Crippen molar-refractivity contribution in [2.75, 3.05) is 0 Å². The van der Waals surface area contributed by atoms with Crippen LogP contribution in [0.2, 0.25) is 0 Å². The normalized spacial score (nSPS) is 12.1. The van der Waals surface area contributed by atoms with Crippen molar-refractivity contribution < 1.29 is 30.8 Å². The smallest absolute Gasteiger partial charge is 0.485 e. The highest BCUT2D eigenvalue weighted by Gasteiger charge is 2.36. The Morgan fingerprint density at radius 3 is 1.81 bits per heavy atom. The second-order valence-corrected chi connectivity index (χ2v) is 9.20. The van der Waals surface area contributed by atoms with Crippen molar-refractivity contribution in [2.45, 2.75) is 45.0 Å². The van der Waals surface area contributed by atoms with Crippen molar-refractivity contribution in [3.63, 3.8) is 0 Å². The molecule has 0 amide bonds. The zero-order valence-electron chi connectivity index (χ0n) is 18.5. The second kappa shape index (κ2) is 9.83. The van der Waals surface area contributed by atoms with Crippen molar-refractivity contribution in [1.82, 2.24) is 9.90 Å². The van der Waals surface area contributed by atoms with E-state index in [0.717, 1.165) is 5.69 Å². The lowest BCUT2D eigenvalue weighted by Gasteiger charge is -2.15. The molecule has 10 heteroatoms. The minimum absolute atomic E-state index is 0.452. The van der Waals surface area contributed by atoms with Crippen LogP contribution in [0.5, 0.6) is 0 Å². The summed E-state index contributed by atoms with van der Waals surface area (Å²) in [6, 6.07) is 17.0. The van der Waals surface area contributed by atoms with Crippen molar-refractivity contribution in [3.8, 4) is 16.9 Å². The van der Waals surface area contributed by atoms with Crippen LogP contribution >= 0.6 is 0 Å². The minimum Gasteiger partial charge on any atom is -0.741 e. The van der Waals surface area contributed by atoms with E-state index >= 15 is 0 Å². The number of para-hydroxylation sites is 1. The monoisotopic (exact) mass is 469 g/mol. The first-order chi connectivity index (χ1) is 14.7. The standard InChI is InChI=1S/C21H26N3.CHF3O3S/c1-15(2)18-12-9-13-19(16(3)4)21(18)24-14-20(23(5)22-24)17-10-7-6-8-11-17;2-1(3,4)8(5,6)7/h6-16H,1-5H3;(H,5,6,7)/q+1;/p-1. The summed E-state index contributed by atoms with van der Waals surface area (Å²) in [5.41, 5.74) is 0.545. The first-order valence-electron chi connectivity index (χ1n) is 9.90. The Morgan fingerprint density at radius 1 is 0.938 bits per heavy atom. The van der Waals surface area contributed by atoms with Crippen molar-refractivity contribution in [2.24, 2.45) is 7.05 Å². The molecule has 0 aliphatic rings. The van der Waals surface area contributed by atoms with Crippen molar-refractivity contribution in [3.05, 3.63) is 65.9 Å². The molecule has 0 spiro atoms. The van der Waals surface area contributed by atoms with Crippen LogP contribution in [0.4, 0.5) is 13.2 Å². The van der Waals surface area contributed by atoms with Gasteiger partial charge in [0.25, 0.3) is 0 Å². The number of alkyl halides is 3. The molecule has 1 heterocycles. The molecule has 174 valence electrons. The molecule has 0 aliphatic carbocycles. The zero-order valence-corrected chi connectivity index (χ0v) is 19.3. The molecule has 0 N–H and O–H groups in total. The summed E-state index contributed by atoms with van der Waals surface area (Å²) in [6.07, 6.45) is 2.14. The molecule has 32 heavy (non-hydrogen) atoms. The van der Waals surface area contributed by atoms with Crippen LogP contribution in [0, 0.1) is 0 Å². The van der Waals surface area contributed by atoms with Gasteiger partial charge in [0.15, 0.2) is 27.7 Å². The Bertz CT molecular complexity index is 1130. The van der Waals surface area contributed by atoms with Crippen LogP contribution in [0.15, 0.2) is 54.7 Å². The summed E-state index contributed by atoms with van der Waals surface area (Å²) in [6.45, 7) is 8.96. The van der Waals surface area contributed by atoms with Gasteiger partial charge < -0.3 is 4.55 Å². The van der Waals surface area contributed by atoms with E-state index in [1.165, 1.54) is 22.4 Å². The highest BCUT2D eigenvalue weighted by molar-refractivity contribution is 7.86. The molecule has 0 atom stereocenters. The average molecular weight is 470 g/mol. The SMILES string of the molecule is CC(C)c1cccc(C(C)C)c1-[n+]1cc(-c2ccccc2)n(C)n1.O=S(=O)([O-])C(F)(F)F. The fourth-order valence-corrected chi connectivity index (χ4v) is 3.17. The topological polar surface area (TPSA) is 78.9 Å². The minimum atomic E-state index is -6.09. The number of hydrogen-bond donors (Lipinski definition) is 0. The number of halogens is 3. The molecule has 0 fully saturated rings. The predicted molar refractivity (Wildman–Crippen MR) is 114 cm³/mol. The third-order valence-electron chi connectivity index (χ3n) is 4.75. The molecule has 0 saturated carbocycles. The van der Waals surface area contributed by atoms with Gasteiger partial charge in [-0.15, -0.1) is 9.36 Å². The number of rotatable bonds is 4. The van der Waals surface area contributed by atoms with Gasteiger partial charge in [0.2, 0.25) is 0 Å². The molecule has 3 aromatic rings. The van der Waals surface area contributed by atoms with Gasteiger partial charge in [-0.1, -0.05) is 76.2 Å². The van der Waals surface area contributed by atoms with Gasteiger partial charge in [-0.05, 0) is 11.8 Å². The maximum atomic E-state index is 10.7. The molecule has 2 aromatic carbocycles. The van der Waals surface area contributed by atoms with Crippen molar-refractivity contribution in [1.29, 1.82) is 0 Å². The highest BCUT2D eigenvalue weighted by Crippen LogP contribution is 2.28. The van der Waals surface area contributed by atoms with Gasteiger partial charge in [-0.2, -0.15) is 13.2 Å². The van der Waals surface area contributed by atoms with Gasteiger partial charge in [-0.3, -0.25) is 0 Å². The lowest BCUT2D eigenvalue weighted by molar-refractivity contribution is -0.662. The van der Waals surface area contributed by atoms with E-state index in [1.807, 2.05) is 22.5 Å². The van der Waals surface area contributed by atoms with Crippen LogP contribution < -0.4 is 4.68 Å². The number of aryl methyl sites for hydroxylation is 1. The first kappa shape index (κ1) is 25.5. The Kier molecular flexibility index (Phi) is 7.84. The summed E-state index contributed by atoms with van der Waals surface area (Å²) in [5, 5.41) is 4.78. The Morgan fingerprint density at radius 2 is 1.41 bits per heavy atom. The fraction of sp³-hybridized carbons (Fsp3) is 0.364. The van der Waals surface area contributed by atoms with E-state index in [-0.39, 0.29) is 0 Å². The van der Waals surface area contributed by atoms with Crippen LogP contribution in [0.25, 0.3) is 16.9 Å². The van der Waals surface area contributed by atoms with E-state index in [2.05, 4.69) is 76.4 Å². The lowest BCUT2D eigenvalue weighted by atomic mass is 9.93. The summed E-state index contributed by atoms with van der Waals surface area (Å²) >= 11 is 0. The van der Waals surface area contributed by atoms with E-state index < -0.39 is 15.6 Å². The summed E-state index contributed by atoms with van der Waals surface area (Å²) in [7, 11) is -4.08. The molecular weight excluding hydrogens is 443 g/mol. The number of nitrogens with zero attached hydrogens (tertiary/aromatic N) is 3. The average Bonchev–Trinajstić information content (AvgIpc) is 3.08.